The molecular weight excluding hydrogens is 512 g/mol. The number of fused-ring (bicyclic) bond motifs is 2. The van der Waals surface area contributed by atoms with Gasteiger partial charge in [0, 0.05) is 12.1 Å². The summed E-state index contributed by atoms with van der Waals surface area (Å²) in [4.78, 5) is 5.18. The van der Waals surface area contributed by atoms with Crippen LogP contribution in [0.2, 0.25) is 0 Å². The number of ether oxygens (including phenoxy) is 1. The Kier molecular flexibility index (Phi) is 8.24. The standard InChI is InChI=1S/C30H22N4O4S/c1-33-26(21-32)30(25-14-8-12-22-10-2-4-13-24(22)25)23(20-31)11-3-7-17-29-34(18-9-19-39(35,36)37)27-15-5-6-16-28(27)38-29/h2-8,10-17H,9,18-19H2,(H,35,36,37). The van der Waals surface area contributed by atoms with Gasteiger partial charge in [0.15, 0.2) is 5.75 Å². The fourth-order valence-electron chi connectivity index (χ4n) is 4.26. The normalized spacial score (nSPS) is 14.9. The summed E-state index contributed by atoms with van der Waals surface area (Å²) in [5.41, 5.74) is 1.58. The molecule has 0 fully saturated rings. The van der Waals surface area contributed by atoms with Gasteiger partial charge in [0.25, 0.3) is 15.8 Å². The van der Waals surface area contributed by atoms with E-state index in [0.29, 0.717) is 23.7 Å². The smallest absolute Gasteiger partial charge is 0.270 e. The van der Waals surface area contributed by atoms with Crippen molar-refractivity contribution in [1.82, 2.24) is 0 Å². The molecule has 0 spiro atoms. The molecular formula is C30H22N4O4S. The van der Waals surface area contributed by atoms with Crippen LogP contribution in [0.4, 0.5) is 5.69 Å². The van der Waals surface area contributed by atoms with Crippen LogP contribution in [0.25, 0.3) is 21.2 Å². The van der Waals surface area contributed by atoms with E-state index in [1.54, 1.807) is 35.3 Å². The van der Waals surface area contributed by atoms with E-state index in [-0.39, 0.29) is 29.0 Å². The first-order valence-electron chi connectivity index (χ1n) is 11.8. The van der Waals surface area contributed by atoms with Crippen molar-refractivity contribution in [2.24, 2.45) is 0 Å². The maximum Gasteiger partial charge on any atom is 0.270 e. The van der Waals surface area contributed by atoms with Crippen LogP contribution >= 0.6 is 0 Å². The first-order valence-corrected chi connectivity index (χ1v) is 13.5. The van der Waals surface area contributed by atoms with Crippen molar-refractivity contribution in [1.29, 1.82) is 10.5 Å². The van der Waals surface area contributed by atoms with E-state index in [1.807, 2.05) is 60.7 Å². The maximum absolute atomic E-state index is 11.2. The van der Waals surface area contributed by atoms with E-state index in [4.69, 9.17) is 15.9 Å². The van der Waals surface area contributed by atoms with Crippen LogP contribution in [0.5, 0.6) is 5.75 Å². The highest BCUT2D eigenvalue weighted by Gasteiger charge is 2.25. The molecule has 0 unspecified atom stereocenters. The minimum Gasteiger partial charge on any atom is -0.439 e. The average molecular weight is 535 g/mol. The maximum atomic E-state index is 11.2. The Morgan fingerprint density at radius 2 is 1.77 bits per heavy atom. The Bertz CT molecular complexity index is 1760. The van der Waals surface area contributed by atoms with E-state index < -0.39 is 10.1 Å². The molecule has 39 heavy (non-hydrogen) atoms. The number of hydrogen-bond acceptors (Lipinski definition) is 6. The average Bonchev–Trinajstić information content (AvgIpc) is 3.28. The first kappa shape index (κ1) is 26.9. The lowest BCUT2D eigenvalue weighted by molar-refractivity contribution is 0.437. The largest absolute Gasteiger partial charge is 0.439 e. The zero-order valence-corrected chi connectivity index (χ0v) is 21.5. The predicted octanol–water partition coefficient (Wildman–Crippen LogP) is 6.02. The lowest BCUT2D eigenvalue weighted by atomic mass is 9.92. The first-order chi connectivity index (χ1) is 18.9. The van der Waals surface area contributed by atoms with Crippen molar-refractivity contribution in [2.75, 3.05) is 17.2 Å². The second-order valence-corrected chi connectivity index (χ2v) is 9.99. The summed E-state index contributed by atoms with van der Waals surface area (Å²) >= 11 is 0. The molecule has 0 aromatic heterocycles. The van der Waals surface area contributed by atoms with Crippen LogP contribution in [0.1, 0.15) is 12.0 Å². The van der Waals surface area contributed by atoms with Gasteiger partial charge in [0.05, 0.1) is 35.7 Å². The predicted molar refractivity (Wildman–Crippen MR) is 149 cm³/mol. The summed E-state index contributed by atoms with van der Waals surface area (Å²) in [5, 5.41) is 21.4. The molecule has 3 aromatic carbocycles. The molecule has 0 saturated carbocycles. The number of nitriles is 2. The van der Waals surface area contributed by atoms with Crippen LogP contribution in [-0.4, -0.2) is 25.3 Å². The summed E-state index contributed by atoms with van der Waals surface area (Å²) in [6.07, 6.45) is 6.64. The molecule has 0 aliphatic carbocycles. The molecule has 0 bridgehead atoms. The monoisotopic (exact) mass is 534 g/mol. The molecule has 3 aromatic rings. The van der Waals surface area contributed by atoms with Crippen molar-refractivity contribution >= 4 is 32.2 Å². The SMILES string of the molecule is [C-]#[N+]C(C#N)=C(C(C#N)=CC=CC=C1Oc2ccccc2N1CCCS(=O)(=O)O)c1cccc2ccccc12. The van der Waals surface area contributed by atoms with Gasteiger partial charge in [-0.2, -0.15) is 13.7 Å². The Labute approximate surface area is 226 Å². The summed E-state index contributed by atoms with van der Waals surface area (Å²) in [6.45, 7) is 7.82. The Hall–Kier alpha value is -5.14. The van der Waals surface area contributed by atoms with Gasteiger partial charge < -0.3 is 9.64 Å². The van der Waals surface area contributed by atoms with Gasteiger partial charge in [-0.1, -0.05) is 66.7 Å². The fourth-order valence-corrected chi connectivity index (χ4v) is 4.75. The molecule has 4 rings (SSSR count). The molecule has 1 aliphatic rings. The number of rotatable bonds is 8. The van der Waals surface area contributed by atoms with Crippen LogP contribution < -0.4 is 9.64 Å². The molecule has 1 aliphatic heterocycles. The third kappa shape index (κ3) is 6.23. The van der Waals surface area contributed by atoms with E-state index in [1.165, 1.54) is 6.08 Å². The topological polar surface area (TPSA) is 119 Å². The molecule has 0 saturated heterocycles. The minimum atomic E-state index is -4.09. The Balaban J connectivity index is 1.68. The van der Waals surface area contributed by atoms with E-state index in [0.717, 1.165) is 16.5 Å². The van der Waals surface area contributed by atoms with Gasteiger partial charge in [0.1, 0.15) is 0 Å². The molecule has 0 amide bonds. The lowest BCUT2D eigenvalue weighted by Crippen LogP contribution is -2.23. The second-order valence-electron chi connectivity index (χ2n) is 8.42. The van der Waals surface area contributed by atoms with Gasteiger partial charge in [-0.25, -0.2) is 10.1 Å². The number of allylic oxidation sites excluding steroid dienone is 7. The second kappa shape index (κ2) is 11.9. The van der Waals surface area contributed by atoms with Gasteiger partial charge >= 0.3 is 0 Å². The van der Waals surface area contributed by atoms with Crippen molar-refractivity contribution in [2.45, 2.75) is 6.42 Å². The number of nitrogens with zero attached hydrogens (tertiary/aromatic N) is 4. The van der Waals surface area contributed by atoms with Crippen LogP contribution in [0.15, 0.2) is 108 Å². The molecule has 0 atom stereocenters. The Morgan fingerprint density at radius 3 is 2.51 bits per heavy atom. The van der Waals surface area contributed by atoms with Crippen molar-refractivity contribution in [3.05, 3.63) is 125 Å². The highest BCUT2D eigenvalue weighted by molar-refractivity contribution is 7.85. The van der Waals surface area contributed by atoms with E-state index in [9.17, 15) is 18.9 Å². The lowest BCUT2D eigenvalue weighted by Gasteiger charge is -2.17. The van der Waals surface area contributed by atoms with Crippen molar-refractivity contribution in [3.63, 3.8) is 0 Å². The quantitative estimate of drug-likeness (QED) is 0.162. The number of anilines is 1. The summed E-state index contributed by atoms with van der Waals surface area (Å²) in [6, 6.07) is 24.4. The fraction of sp³-hybridized carbons (Fsp3) is 0.100. The zero-order chi connectivity index (χ0) is 27.8. The zero-order valence-electron chi connectivity index (χ0n) is 20.7. The molecule has 1 heterocycles. The Morgan fingerprint density at radius 1 is 1.03 bits per heavy atom. The number of para-hydroxylation sites is 2. The molecule has 8 nitrogen and oxygen atoms in total. The van der Waals surface area contributed by atoms with Crippen LogP contribution in [0.3, 0.4) is 0 Å². The van der Waals surface area contributed by atoms with Gasteiger partial charge in [-0.15, -0.1) is 0 Å². The summed E-state index contributed by atoms with van der Waals surface area (Å²) in [7, 11) is -4.09. The van der Waals surface area contributed by atoms with Gasteiger partial charge in [-0.05, 0) is 47.0 Å². The van der Waals surface area contributed by atoms with Crippen LogP contribution in [0, 0.1) is 29.2 Å². The number of benzene rings is 3. The summed E-state index contributed by atoms with van der Waals surface area (Å²) < 4.78 is 37.3. The third-order valence-electron chi connectivity index (χ3n) is 5.94. The number of hydrogen-bond donors (Lipinski definition) is 1. The minimum absolute atomic E-state index is 0.147. The van der Waals surface area contributed by atoms with Gasteiger partial charge in [-0.3, -0.25) is 4.55 Å². The highest BCUT2D eigenvalue weighted by atomic mass is 32.2. The van der Waals surface area contributed by atoms with Crippen LogP contribution in [-0.2, 0) is 10.1 Å². The molecule has 192 valence electrons. The van der Waals surface area contributed by atoms with E-state index in [2.05, 4.69) is 10.9 Å². The summed E-state index contributed by atoms with van der Waals surface area (Å²) in [5.74, 6) is 0.668. The van der Waals surface area contributed by atoms with Gasteiger partial charge in [0.2, 0.25) is 5.88 Å². The molecule has 1 N–H and O–H groups in total. The highest BCUT2D eigenvalue weighted by Crippen LogP contribution is 2.38. The molecule has 0 radical (unpaired) electrons. The molecule has 9 heteroatoms. The van der Waals surface area contributed by atoms with Crippen molar-refractivity contribution < 1.29 is 17.7 Å². The van der Waals surface area contributed by atoms with E-state index >= 15 is 0 Å². The third-order valence-corrected chi connectivity index (χ3v) is 6.74. The van der Waals surface area contributed by atoms with Crippen molar-refractivity contribution in [3.8, 4) is 17.9 Å².